The molecule has 0 radical (unpaired) electrons. The lowest BCUT2D eigenvalue weighted by atomic mass is 9.94. The number of rotatable bonds is 3. The highest BCUT2D eigenvalue weighted by Crippen LogP contribution is 2.29. The molecule has 19 heavy (non-hydrogen) atoms. The fourth-order valence-corrected chi connectivity index (χ4v) is 3.23. The Morgan fingerprint density at radius 3 is 2.68 bits per heavy atom. The Morgan fingerprint density at radius 1 is 1.37 bits per heavy atom. The Balaban J connectivity index is 1.90. The van der Waals surface area contributed by atoms with E-state index in [1.165, 1.54) is 0 Å². The predicted molar refractivity (Wildman–Crippen MR) is 75.3 cm³/mol. The van der Waals surface area contributed by atoms with Crippen molar-refractivity contribution in [3.05, 3.63) is 23.4 Å². The van der Waals surface area contributed by atoms with Crippen LogP contribution in [0.15, 0.2) is 12.3 Å². The summed E-state index contributed by atoms with van der Waals surface area (Å²) in [6.07, 6.45) is 1.79. The van der Waals surface area contributed by atoms with Crippen LogP contribution in [0.5, 0.6) is 0 Å². The molecule has 3 saturated heterocycles. The van der Waals surface area contributed by atoms with E-state index < -0.39 is 0 Å². The molecular weight excluding hydrogens is 240 g/mol. The van der Waals surface area contributed by atoms with Gasteiger partial charge in [0.25, 0.3) is 0 Å². The number of nitrogens with two attached hydrogens (primary N) is 2. The molecule has 0 spiro atoms. The number of nitrogens with zero attached hydrogens (tertiary/aromatic N) is 3. The van der Waals surface area contributed by atoms with E-state index in [1.54, 1.807) is 6.20 Å². The van der Waals surface area contributed by atoms with Gasteiger partial charge >= 0.3 is 0 Å². The van der Waals surface area contributed by atoms with Crippen LogP contribution in [0.25, 0.3) is 0 Å². The van der Waals surface area contributed by atoms with E-state index in [1.807, 2.05) is 6.92 Å². The Labute approximate surface area is 113 Å². The van der Waals surface area contributed by atoms with Gasteiger partial charge in [-0.3, -0.25) is 21.1 Å². The largest absolute Gasteiger partial charge is 0.383 e. The van der Waals surface area contributed by atoms with Crippen molar-refractivity contribution in [2.24, 2.45) is 5.84 Å². The molecule has 2 unspecified atom stereocenters. The SMILES string of the molecule is Cc1cnc(N)c(C(NN)C2CN3CCN2CC3)c1. The minimum absolute atomic E-state index is 0.0375. The number of hydrogen-bond acceptors (Lipinski definition) is 6. The number of nitrogen functional groups attached to an aromatic ring is 1. The van der Waals surface area contributed by atoms with Gasteiger partial charge in [0.05, 0.1) is 6.04 Å². The lowest BCUT2D eigenvalue weighted by molar-refractivity contribution is -0.00363. The maximum Gasteiger partial charge on any atom is 0.128 e. The number of hydrogen-bond donors (Lipinski definition) is 3. The topological polar surface area (TPSA) is 83.4 Å². The molecule has 1 aromatic rings. The molecule has 3 aliphatic rings. The summed E-state index contributed by atoms with van der Waals surface area (Å²) in [5.41, 5.74) is 11.1. The van der Waals surface area contributed by atoms with Crippen molar-refractivity contribution in [1.29, 1.82) is 0 Å². The zero-order valence-electron chi connectivity index (χ0n) is 11.3. The van der Waals surface area contributed by atoms with Crippen LogP contribution in [0.3, 0.4) is 0 Å². The molecule has 1 aromatic heterocycles. The number of aryl methyl sites for hydroxylation is 1. The van der Waals surface area contributed by atoms with Crippen molar-refractivity contribution >= 4 is 5.82 Å². The van der Waals surface area contributed by atoms with E-state index in [0.717, 1.165) is 43.9 Å². The molecule has 0 amide bonds. The summed E-state index contributed by atoms with van der Waals surface area (Å²) in [5, 5.41) is 0. The van der Waals surface area contributed by atoms with Crippen molar-refractivity contribution < 1.29 is 0 Å². The molecule has 0 aliphatic carbocycles. The summed E-state index contributed by atoms with van der Waals surface area (Å²) >= 11 is 0. The Morgan fingerprint density at radius 2 is 2.11 bits per heavy atom. The second-order valence-electron chi connectivity index (χ2n) is 5.54. The Kier molecular flexibility index (Phi) is 3.40. The molecule has 4 heterocycles. The van der Waals surface area contributed by atoms with E-state index >= 15 is 0 Å². The first-order valence-electron chi connectivity index (χ1n) is 6.83. The van der Waals surface area contributed by atoms with Gasteiger partial charge in [-0.2, -0.15) is 0 Å². The van der Waals surface area contributed by atoms with Gasteiger partial charge in [-0.15, -0.1) is 0 Å². The van der Waals surface area contributed by atoms with Crippen LogP contribution in [0.1, 0.15) is 17.2 Å². The lowest BCUT2D eigenvalue weighted by Gasteiger charge is -2.50. The van der Waals surface area contributed by atoms with Gasteiger partial charge in [0.15, 0.2) is 0 Å². The molecule has 0 aromatic carbocycles. The summed E-state index contributed by atoms with van der Waals surface area (Å²) in [7, 11) is 0. The number of pyridine rings is 1. The molecule has 4 rings (SSSR count). The third kappa shape index (κ3) is 2.32. The third-order valence-electron chi connectivity index (χ3n) is 4.31. The summed E-state index contributed by atoms with van der Waals surface area (Å²) in [6, 6.07) is 2.50. The molecule has 6 nitrogen and oxygen atoms in total. The van der Waals surface area contributed by atoms with E-state index in [0.29, 0.717) is 11.9 Å². The first kappa shape index (κ1) is 12.8. The lowest BCUT2D eigenvalue weighted by Crippen LogP contribution is -2.64. The van der Waals surface area contributed by atoms with Gasteiger partial charge in [-0.25, -0.2) is 4.98 Å². The summed E-state index contributed by atoms with van der Waals surface area (Å²) in [4.78, 5) is 9.26. The normalized spacial score (nSPS) is 31.4. The maximum atomic E-state index is 6.03. The van der Waals surface area contributed by atoms with Crippen molar-refractivity contribution in [2.75, 3.05) is 38.5 Å². The maximum absolute atomic E-state index is 6.03. The van der Waals surface area contributed by atoms with Crippen LogP contribution in [0, 0.1) is 6.92 Å². The van der Waals surface area contributed by atoms with Crippen molar-refractivity contribution in [3.63, 3.8) is 0 Å². The molecule has 3 aliphatic heterocycles. The number of piperazine rings is 3. The predicted octanol–water partition coefficient (Wildman–Crippen LogP) is -0.524. The number of fused-ring (bicyclic) bond motifs is 3. The number of hydrazine groups is 1. The highest BCUT2D eigenvalue weighted by molar-refractivity contribution is 5.43. The smallest absolute Gasteiger partial charge is 0.128 e. The molecule has 2 bridgehead atoms. The second kappa shape index (κ2) is 5.05. The highest BCUT2D eigenvalue weighted by atomic mass is 15.4. The van der Waals surface area contributed by atoms with Crippen LogP contribution in [-0.4, -0.2) is 53.5 Å². The minimum Gasteiger partial charge on any atom is -0.383 e. The van der Waals surface area contributed by atoms with Gasteiger partial charge in [0.1, 0.15) is 5.82 Å². The van der Waals surface area contributed by atoms with Crippen LogP contribution in [-0.2, 0) is 0 Å². The monoisotopic (exact) mass is 262 g/mol. The van der Waals surface area contributed by atoms with Crippen molar-refractivity contribution in [1.82, 2.24) is 20.2 Å². The number of nitrogens with one attached hydrogen (secondary N) is 1. The highest BCUT2D eigenvalue weighted by Gasteiger charge is 2.37. The van der Waals surface area contributed by atoms with Crippen LogP contribution in [0.2, 0.25) is 0 Å². The van der Waals surface area contributed by atoms with E-state index in [4.69, 9.17) is 11.6 Å². The zero-order chi connectivity index (χ0) is 13.4. The zero-order valence-corrected chi connectivity index (χ0v) is 11.3. The minimum atomic E-state index is 0.0375. The summed E-state index contributed by atoms with van der Waals surface area (Å²) < 4.78 is 0. The molecule has 5 N–H and O–H groups in total. The molecular formula is C13H22N6. The molecule has 6 heteroatoms. The van der Waals surface area contributed by atoms with Gasteiger partial charge in [-0.1, -0.05) is 0 Å². The molecule has 2 atom stereocenters. The Hall–Kier alpha value is -1.21. The average Bonchev–Trinajstić information content (AvgIpc) is 2.45. The number of aromatic nitrogens is 1. The fourth-order valence-electron chi connectivity index (χ4n) is 3.23. The molecule has 3 fully saturated rings. The average molecular weight is 262 g/mol. The first-order chi connectivity index (χ1) is 9.19. The van der Waals surface area contributed by atoms with E-state index in [9.17, 15) is 0 Å². The van der Waals surface area contributed by atoms with Crippen LogP contribution < -0.4 is 17.0 Å². The van der Waals surface area contributed by atoms with Gasteiger partial charge in [-0.05, 0) is 18.6 Å². The Bertz CT molecular complexity index is 454. The quantitative estimate of drug-likeness (QED) is 0.502. The number of anilines is 1. The molecule has 104 valence electrons. The van der Waals surface area contributed by atoms with Gasteiger partial charge in [0, 0.05) is 50.5 Å². The van der Waals surface area contributed by atoms with Gasteiger partial charge in [0.2, 0.25) is 0 Å². The second-order valence-corrected chi connectivity index (χ2v) is 5.54. The summed E-state index contributed by atoms with van der Waals surface area (Å²) in [5.74, 6) is 6.38. The van der Waals surface area contributed by atoms with E-state index in [2.05, 4.69) is 26.3 Å². The van der Waals surface area contributed by atoms with E-state index in [-0.39, 0.29) is 6.04 Å². The van der Waals surface area contributed by atoms with Crippen molar-refractivity contribution in [3.8, 4) is 0 Å². The van der Waals surface area contributed by atoms with Crippen molar-refractivity contribution in [2.45, 2.75) is 19.0 Å². The van der Waals surface area contributed by atoms with Gasteiger partial charge < -0.3 is 5.73 Å². The van der Waals surface area contributed by atoms with Crippen LogP contribution >= 0.6 is 0 Å². The fraction of sp³-hybridized carbons (Fsp3) is 0.615. The first-order valence-corrected chi connectivity index (χ1v) is 6.83. The summed E-state index contributed by atoms with van der Waals surface area (Å²) in [6.45, 7) is 7.62. The molecule has 0 saturated carbocycles. The standard InChI is InChI=1S/C13H22N6/c1-9-6-10(13(14)16-7-9)12(17-15)11-8-18-2-4-19(11)5-3-18/h6-7,11-12,17H,2-5,8,15H2,1H3,(H2,14,16). The third-order valence-corrected chi connectivity index (χ3v) is 4.31. The van der Waals surface area contributed by atoms with Crippen LogP contribution in [0.4, 0.5) is 5.82 Å².